The smallest absolute Gasteiger partial charge is 0.293 e. The van der Waals surface area contributed by atoms with E-state index in [0.717, 1.165) is 51.0 Å². The Balaban J connectivity index is 4.00. The van der Waals surface area contributed by atoms with Crippen LogP contribution in [0.2, 0.25) is 0 Å². The lowest BCUT2D eigenvalue weighted by Gasteiger charge is -2.24. The van der Waals surface area contributed by atoms with Crippen molar-refractivity contribution >= 4 is 12.4 Å². The molecule has 0 aliphatic rings. The van der Waals surface area contributed by atoms with E-state index < -0.39 is 0 Å². The predicted molar refractivity (Wildman–Crippen MR) is 123 cm³/mol. The molecule has 0 bridgehead atoms. The number of ether oxygens (including phenoxy) is 1. The number of hydrogen-bond acceptors (Lipinski definition) is 3. The fourth-order valence-corrected chi connectivity index (χ4v) is 3.90. The van der Waals surface area contributed by atoms with Gasteiger partial charge in [-0.1, -0.05) is 98.3 Å². The summed E-state index contributed by atoms with van der Waals surface area (Å²) in [5.74, 6) is 1.02. The molecule has 0 radical (unpaired) electrons. The number of unbranched alkanes of at least 4 members (excludes halogenated alkanes) is 7. The van der Waals surface area contributed by atoms with Crippen molar-refractivity contribution in [2.24, 2.45) is 11.3 Å². The van der Waals surface area contributed by atoms with Crippen molar-refractivity contribution in [3.63, 3.8) is 0 Å². The molecule has 0 spiro atoms. The van der Waals surface area contributed by atoms with E-state index in [1.54, 1.807) is 0 Å². The average molecular weight is 412 g/mol. The van der Waals surface area contributed by atoms with Gasteiger partial charge in [0.15, 0.2) is 0 Å². The van der Waals surface area contributed by atoms with Crippen LogP contribution < -0.4 is 5.32 Å². The topological polar surface area (TPSA) is 55.4 Å². The van der Waals surface area contributed by atoms with E-state index in [4.69, 9.17) is 4.74 Å². The zero-order chi connectivity index (χ0) is 21.8. The van der Waals surface area contributed by atoms with Crippen LogP contribution in [0.5, 0.6) is 0 Å². The molecule has 0 rings (SSSR count). The van der Waals surface area contributed by atoms with E-state index in [9.17, 15) is 9.59 Å². The zero-order valence-corrected chi connectivity index (χ0v) is 19.9. The number of rotatable bonds is 21. The predicted octanol–water partition coefficient (Wildman–Crippen LogP) is 6.81. The molecule has 1 N–H and O–H groups in total. The van der Waals surface area contributed by atoms with Crippen LogP contribution in [-0.2, 0) is 14.3 Å². The normalized spacial score (nSPS) is 11.6. The molecule has 0 unspecified atom stereocenters. The Labute approximate surface area is 180 Å². The summed E-state index contributed by atoms with van der Waals surface area (Å²) in [5.41, 5.74) is -0.305. The Bertz CT molecular complexity index is 386. The van der Waals surface area contributed by atoms with E-state index in [1.165, 1.54) is 57.8 Å². The van der Waals surface area contributed by atoms with Gasteiger partial charge in [-0.3, -0.25) is 9.59 Å². The molecule has 0 fully saturated rings. The SMILES string of the molecule is CCCCCC(CCCCC)CCCNC(=O)C(C)(C)CCCCCCOC=O. The summed E-state index contributed by atoms with van der Waals surface area (Å²) < 4.78 is 4.70. The second-order valence-corrected chi connectivity index (χ2v) is 9.27. The van der Waals surface area contributed by atoms with Gasteiger partial charge in [-0.2, -0.15) is 0 Å². The lowest BCUT2D eigenvalue weighted by Crippen LogP contribution is -2.37. The first kappa shape index (κ1) is 27.9. The fourth-order valence-electron chi connectivity index (χ4n) is 3.90. The first-order valence-electron chi connectivity index (χ1n) is 12.3. The van der Waals surface area contributed by atoms with Gasteiger partial charge in [0.05, 0.1) is 6.61 Å². The third-order valence-corrected chi connectivity index (χ3v) is 6.00. The maximum atomic E-state index is 12.6. The van der Waals surface area contributed by atoms with E-state index in [2.05, 4.69) is 33.0 Å². The summed E-state index contributed by atoms with van der Waals surface area (Å²) in [7, 11) is 0. The molecule has 0 aromatic heterocycles. The zero-order valence-electron chi connectivity index (χ0n) is 19.9. The maximum Gasteiger partial charge on any atom is 0.293 e. The Morgan fingerprint density at radius 1 is 0.862 bits per heavy atom. The minimum Gasteiger partial charge on any atom is -0.468 e. The summed E-state index contributed by atoms with van der Waals surface area (Å²) in [6.07, 6.45) is 18.0. The van der Waals surface area contributed by atoms with Crippen LogP contribution >= 0.6 is 0 Å². The van der Waals surface area contributed by atoms with Crippen molar-refractivity contribution in [1.82, 2.24) is 5.32 Å². The highest BCUT2D eigenvalue weighted by Gasteiger charge is 2.26. The number of hydrogen-bond donors (Lipinski definition) is 1. The van der Waals surface area contributed by atoms with Gasteiger partial charge >= 0.3 is 0 Å². The van der Waals surface area contributed by atoms with Gasteiger partial charge in [-0.25, -0.2) is 0 Å². The maximum absolute atomic E-state index is 12.6. The molecular weight excluding hydrogens is 362 g/mol. The molecule has 29 heavy (non-hydrogen) atoms. The third kappa shape index (κ3) is 16.4. The van der Waals surface area contributed by atoms with E-state index >= 15 is 0 Å². The van der Waals surface area contributed by atoms with Crippen LogP contribution in [0.15, 0.2) is 0 Å². The molecule has 172 valence electrons. The van der Waals surface area contributed by atoms with Gasteiger partial charge in [-0.15, -0.1) is 0 Å². The molecule has 0 atom stereocenters. The Hall–Kier alpha value is -1.06. The molecule has 4 nitrogen and oxygen atoms in total. The van der Waals surface area contributed by atoms with E-state index in [0.29, 0.717) is 13.1 Å². The van der Waals surface area contributed by atoms with Crippen molar-refractivity contribution < 1.29 is 14.3 Å². The van der Waals surface area contributed by atoms with E-state index in [-0.39, 0.29) is 11.3 Å². The highest BCUT2D eigenvalue weighted by Crippen LogP contribution is 2.25. The largest absolute Gasteiger partial charge is 0.468 e. The van der Waals surface area contributed by atoms with Crippen molar-refractivity contribution in [1.29, 1.82) is 0 Å². The molecular formula is C25H49NO3. The lowest BCUT2D eigenvalue weighted by atomic mass is 9.85. The molecule has 0 aliphatic carbocycles. The molecule has 0 aromatic rings. The van der Waals surface area contributed by atoms with Crippen LogP contribution in [-0.4, -0.2) is 25.5 Å². The average Bonchev–Trinajstić information content (AvgIpc) is 2.70. The minimum absolute atomic E-state index is 0.190. The van der Waals surface area contributed by atoms with Gasteiger partial charge in [-0.05, 0) is 31.6 Å². The number of carbonyl (C=O) groups is 2. The lowest BCUT2D eigenvalue weighted by molar-refractivity contribution is -0.130. The summed E-state index contributed by atoms with van der Waals surface area (Å²) in [6.45, 7) is 10.5. The third-order valence-electron chi connectivity index (χ3n) is 6.00. The fraction of sp³-hybridized carbons (Fsp3) is 0.920. The molecule has 0 aromatic carbocycles. The van der Waals surface area contributed by atoms with Crippen molar-refractivity contribution in [3.8, 4) is 0 Å². The monoisotopic (exact) mass is 411 g/mol. The molecule has 0 aliphatic heterocycles. The van der Waals surface area contributed by atoms with Crippen LogP contribution in [0, 0.1) is 11.3 Å². The van der Waals surface area contributed by atoms with Crippen LogP contribution in [0.3, 0.4) is 0 Å². The van der Waals surface area contributed by atoms with Crippen LogP contribution in [0.1, 0.15) is 124 Å². The summed E-state index contributed by atoms with van der Waals surface area (Å²) in [6, 6.07) is 0. The van der Waals surface area contributed by atoms with Crippen LogP contribution in [0.25, 0.3) is 0 Å². The van der Waals surface area contributed by atoms with Gasteiger partial charge in [0.25, 0.3) is 6.47 Å². The minimum atomic E-state index is -0.305. The van der Waals surface area contributed by atoms with Gasteiger partial charge in [0, 0.05) is 12.0 Å². The van der Waals surface area contributed by atoms with Crippen molar-refractivity contribution in [2.75, 3.05) is 13.2 Å². The molecule has 0 saturated heterocycles. The van der Waals surface area contributed by atoms with Crippen molar-refractivity contribution in [3.05, 3.63) is 0 Å². The summed E-state index contributed by atoms with van der Waals surface area (Å²) in [4.78, 5) is 22.7. The highest BCUT2D eigenvalue weighted by molar-refractivity contribution is 5.81. The molecule has 0 saturated carbocycles. The second-order valence-electron chi connectivity index (χ2n) is 9.27. The highest BCUT2D eigenvalue weighted by atomic mass is 16.5. The molecule has 1 amide bonds. The molecule has 0 heterocycles. The van der Waals surface area contributed by atoms with Gasteiger partial charge < -0.3 is 10.1 Å². The Morgan fingerprint density at radius 2 is 1.45 bits per heavy atom. The van der Waals surface area contributed by atoms with Gasteiger partial charge in [0.1, 0.15) is 0 Å². The first-order valence-corrected chi connectivity index (χ1v) is 12.3. The summed E-state index contributed by atoms with van der Waals surface area (Å²) >= 11 is 0. The van der Waals surface area contributed by atoms with Crippen LogP contribution in [0.4, 0.5) is 0 Å². The first-order chi connectivity index (χ1) is 14.0. The quantitative estimate of drug-likeness (QED) is 0.167. The standard InChI is InChI=1S/C25H49NO3/c1-5-7-11-16-23(17-12-8-6-2)18-15-20-26-24(28)25(3,4)19-13-9-10-14-21-29-22-27/h22-23H,5-21H2,1-4H3,(H,26,28). The van der Waals surface area contributed by atoms with Crippen molar-refractivity contribution in [2.45, 2.75) is 124 Å². The second kappa shape index (κ2) is 18.9. The number of amides is 1. The molecule has 4 heteroatoms. The Morgan fingerprint density at radius 3 is 2.03 bits per heavy atom. The number of nitrogens with one attached hydrogen (secondary N) is 1. The summed E-state index contributed by atoms with van der Waals surface area (Å²) in [5, 5.41) is 3.18. The Kier molecular flexibility index (Phi) is 18.2. The van der Waals surface area contributed by atoms with E-state index in [1.807, 2.05) is 0 Å². The van der Waals surface area contributed by atoms with Gasteiger partial charge in [0.2, 0.25) is 5.91 Å². The number of carbonyl (C=O) groups excluding carboxylic acids is 2.